The van der Waals surface area contributed by atoms with Gasteiger partial charge in [-0.2, -0.15) is 0 Å². The van der Waals surface area contributed by atoms with Crippen LogP contribution in [0.25, 0.3) is 0 Å². The van der Waals surface area contributed by atoms with Gasteiger partial charge in [-0.15, -0.1) is 0 Å². The summed E-state index contributed by atoms with van der Waals surface area (Å²) in [5.74, 6) is 0.907. The van der Waals surface area contributed by atoms with Crippen LogP contribution in [0.2, 0.25) is 0 Å². The van der Waals surface area contributed by atoms with Crippen molar-refractivity contribution >= 4 is 5.82 Å². The second-order valence-electron chi connectivity index (χ2n) is 2.25. The van der Waals surface area contributed by atoms with Gasteiger partial charge >= 0.3 is 0 Å². The van der Waals surface area contributed by atoms with Crippen molar-refractivity contribution in [3.05, 3.63) is 12.5 Å². The Morgan fingerprint density at radius 2 is 2.44 bits per heavy atom. The van der Waals surface area contributed by atoms with Crippen molar-refractivity contribution < 1.29 is 0 Å². The molecular weight excluding hydrogens is 114 g/mol. The highest BCUT2D eigenvalue weighted by Gasteiger charge is 1.93. The van der Waals surface area contributed by atoms with Crippen molar-refractivity contribution in [2.75, 3.05) is 5.32 Å². The monoisotopic (exact) mass is 125 g/mol. The van der Waals surface area contributed by atoms with E-state index in [1.807, 2.05) is 6.20 Å². The highest BCUT2D eigenvalue weighted by Crippen LogP contribution is 1.99. The molecular formula is C6H11N3. The van der Waals surface area contributed by atoms with Crippen LogP contribution < -0.4 is 5.32 Å². The molecule has 50 valence electrons. The maximum absolute atomic E-state index is 3.99. The Kier molecular flexibility index (Phi) is 1.72. The smallest absolute Gasteiger partial charge is 0.144 e. The molecule has 0 spiro atoms. The molecule has 1 aromatic rings. The minimum atomic E-state index is 0.452. The van der Waals surface area contributed by atoms with Crippen LogP contribution in [0.4, 0.5) is 5.82 Å². The topological polar surface area (TPSA) is 40.7 Å². The molecule has 2 N–H and O–H groups in total. The van der Waals surface area contributed by atoms with E-state index >= 15 is 0 Å². The molecule has 0 amide bonds. The lowest BCUT2D eigenvalue weighted by atomic mass is 10.4. The fourth-order valence-corrected chi connectivity index (χ4v) is 0.635. The third-order valence-electron chi connectivity index (χ3n) is 0.935. The molecule has 0 fully saturated rings. The summed E-state index contributed by atoms with van der Waals surface area (Å²) in [5, 5.41) is 3.14. The second-order valence-corrected chi connectivity index (χ2v) is 2.25. The van der Waals surface area contributed by atoms with Crippen molar-refractivity contribution in [3.63, 3.8) is 0 Å². The Morgan fingerprint density at radius 3 is 2.89 bits per heavy atom. The first-order chi connectivity index (χ1) is 4.29. The van der Waals surface area contributed by atoms with E-state index in [9.17, 15) is 0 Å². The normalized spacial score (nSPS) is 10.1. The van der Waals surface area contributed by atoms with Gasteiger partial charge < -0.3 is 10.3 Å². The van der Waals surface area contributed by atoms with Crippen molar-refractivity contribution in [2.24, 2.45) is 0 Å². The number of hydrogen-bond donors (Lipinski definition) is 2. The number of hydrogen-bond acceptors (Lipinski definition) is 2. The zero-order valence-electron chi connectivity index (χ0n) is 5.68. The lowest BCUT2D eigenvalue weighted by Gasteiger charge is -2.03. The molecule has 0 bridgehead atoms. The fraction of sp³-hybridized carbons (Fsp3) is 0.500. The van der Waals surface area contributed by atoms with Gasteiger partial charge in [-0.3, -0.25) is 0 Å². The van der Waals surface area contributed by atoms with E-state index in [0.29, 0.717) is 6.04 Å². The van der Waals surface area contributed by atoms with E-state index in [1.54, 1.807) is 6.33 Å². The van der Waals surface area contributed by atoms with Gasteiger partial charge in [-0.25, -0.2) is 4.98 Å². The molecule has 0 saturated carbocycles. The van der Waals surface area contributed by atoms with Crippen LogP contribution in [0.1, 0.15) is 13.8 Å². The van der Waals surface area contributed by atoms with Crippen LogP contribution in [0.3, 0.4) is 0 Å². The van der Waals surface area contributed by atoms with Crippen LogP contribution in [0.15, 0.2) is 12.5 Å². The Balaban J connectivity index is 2.48. The zero-order chi connectivity index (χ0) is 6.69. The van der Waals surface area contributed by atoms with Gasteiger partial charge in [0.25, 0.3) is 0 Å². The molecule has 9 heavy (non-hydrogen) atoms. The van der Waals surface area contributed by atoms with E-state index in [1.165, 1.54) is 0 Å². The van der Waals surface area contributed by atoms with E-state index in [0.717, 1.165) is 5.82 Å². The molecule has 0 aliphatic heterocycles. The summed E-state index contributed by atoms with van der Waals surface area (Å²) in [6.07, 6.45) is 3.49. The number of nitrogens with zero attached hydrogens (tertiary/aromatic N) is 1. The number of imidazole rings is 1. The molecule has 0 radical (unpaired) electrons. The van der Waals surface area contributed by atoms with Gasteiger partial charge in [-0.05, 0) is 13.8 Å². The Morgan fingerprint density at radius 1 is 1.67 bits per heavy atom. The summed E-state index contributed by atoms with van der Waals surface area (Å²) < 4.78 is 0. The highest BCUT2D eigenvalue weighted by molar-refractivity contribution is 5.30. The van der Waals surface area contributed by atoms with Gasteiger partial charge in [0.05, 0.1) is 6.33 Å². The number of aromatic amines is 1. The Hall–Kier alpha value is -0.990. The predicted octanol–water partition coefficient (Wildman–Crippen LogP) is 1.23. The van der Waals surface area contributed by atoms with Gasteiger partial charge in [0.1, 0.15) is 5.82 Å². The SMILES string of the molecule is CC(C)Nc1c[nH]cn1. The Labute approximate surface area is 54.5 Å². The molecule has 0 unspecified atom stereocenters. The largest absolute Gasteiger partial charge is 0.367 e. The highest BCUT2D eigenvalue weighted by atomic mass is 15.0. The number of nitrogens with one attached hydrogen (secondary N) is 2. The fourth-order valence-electron chi connectivity index (χ4n) is 0.635. The van der Waals surface area contributed by atoms with E-state index in [2.05, 4.69) is 29.1 Å². The maximum Gasteiger partial charge on any atom is 0.144 e. The van der Waals surface area contributed by atoms with Crippen LogP contribution in [0, 0.1) is 0 Å². The zero-order valence-corrected chi connectivity index (χ0v) is 5.68. The number of rotatable bonds is 2. The Bertz CT molecular complexity index is 155. The van der Waals surface area contributed by atoms with Crippen molar-refractivity contribution in [1.29, 1.82) is 0 Å². The molecule has 0 saturated heterocycles. The lowest BCUT2D eigenvalue weighted by molar-refractivity contribution is 0.892. The maximum atomic E-state index is 3.99. The van der Waals surface area contributed by atoms with Crippen LogP contribution in [-0.2, 0) is 0 Å². The van der Waals surface area contributed by atoms with Crippen molar-refractivity contribution in [3.8, 4) is 0 Å². The van der Waals surface area contributed by atoms with Gasteiger partial charge in [0.15, 0.2) is 0 Å². The third-order valence-corrected chi connectivity index (χ3v) is 0.935. The van der Waals surface area contributed by atoms with E-state index < -0.39 is 0 Å². The first-order valence-electron chi connectivity index (χ1n) is 3.04. The average molecular weight is 125 g/mol. The van der Waals surface area contributed by atoms with Crippen LogP contribution >= 0.6 is 0 Å². The lowest BCUT2D eigenvalue weighted by Crippen LogP contribution is -2.09. The second kappa shape index (κ2) is 2.53. The first kappa shape index (κ1) is 6.13. The molecule has 0 aliphatic rings. The summed E-state index contributed by atoms with van der Waals surface area (Å²) in [6, 6.07) is 0.452. The predicted molar refractivity (Wildman–Crippen MR) is 37.3 cm³/mol. The quantitative estimate of drug-likeness (QED) is 0.624. The molecule has 1 aromatic heterocycles. The minimum Gasteiger partial charge on any atom is -0.367 e. The molecule has 0 aliphatic carbocycles. The first-order valence-corrected chi connectivity index (χ1v) is 3.04. The summed E-state index contributed by atoms with van der Waals surface area (Å²) in [6.45, 7) is 4.16. The minimum absolute atomic E-state index is 0.452. The van der Waals surface area contributed by atoms with E-state index in [-0.39, 0.29) is 0 Å². The van der Waals surface area contributed by atoms with Crippen molar-refractivity contribution in [1.82, 2.24) is 9.97 Å². The third kappa shape index (κ3) is 1.76. The van der Waals surface area contributed by atoms with Crippen LogP contribution in [-0.4, -0.2) is 16.0 Å². The van der Waals surface area contributed by atoms with Gasteiger partial charge in [0.2, 0.25) is 0 Å². The number of aromatic nitrogens is 2. The number of anilines is 1. The average Bonchev–Trinajstić information content (AvgIpc) is 2.15. The summed E-state index contributed by atoms with van der Waals surface area (Å²) in [7, 11) is 0. The summed E-state index contributed by atoms with van der Waals surface area (Å²) in [5.41, 5.74) is 0. The van der Waals surface area contributed by atoms with Gasteiger partial charge in [-0.1, -0.05) is 0 Å². The summed E-state index contributed by atoms with van der Waals surface area (Å²) in [4.78, 5) is 6.85. The molecule has 0 aromatic carbocycles. The van der Waals surface area contributed by atoms with Crippen LogP contribution in [0.5, 0.6) is 0 Å². The molecule has 3 heteroatoms. The number of H-pyrrole nitrogens is 1. The van der Waals surface area contributed by atoms with E-state index in [4.69, 9.17) is 0 Å². The standard InChI is InChI=1S/C6H11N3/c1-5(2)9-6-3-7-4-8-6/h3-5,9H,1-2H3,(H,7,8). The van der Waals surface area contributed by atoms with Gasteiger partial charge in [0, 0.05) is 12.2 Å². The summed E-state index contributed by atoms with van der Waals surface area (Å²) >= 11 is 0. The molecule has 3 nitrogen and oxygen atoms in total. The molecule has 1 heterocycles. The van der Waals surface area contributed by atoms with Crippen molar-refractivity contribution in [2.45, 2.75) is 19.9 Å². The molecule has 0 atom stereocenters. The molecule has 1 rings (SSSR count).